The van der Waals surface area contributed by atoms with E-state index in [0.717, 1.165) is 18.9 Å². The van der Waals surface area contributed by atoms with E-state index >= 15 is 0 Å². The van der Waals surface area contributed by atoms with Crippen molar-refractivity contribution in [2.24, 2.45) is 0 Å². The quantitative estimate of drug-likeness (QED) is 0.536. The zero-order valence-corrected chi connectivity index (χ0v) is 13.1. The molecule has 0 bridgehead atoms. The van der Waals surface area contributed by atoms with Crippen molar-refractivity contribution < 1.29 is 0 Å². The maximum Gasteiger partial charge on any atom is 0.203 e. The summed E-state index contributed by atoms with van der Waals surface area (Å²) in [6, 6.07) is 12.6. The third-order valence-electron chi connectivity index (χ3n) is 2.45. The Morgan fingerprint density at radius 3 is 2.59 bits per heavy atom. The van der Waals surface area contributed by atoms with Crippen molar-refractivity contribution in [1.29, 1.82) is 0 Å². The average molecular weight is 417 g/mol. The van der Waals surface area contributed by atoms with Crippen molar-refractivity contribution in [2.45, 2.75) is 0 Å². The lowest BCUT2D eigenvalue weighted by atomic mass is 10.1. The van der Waals surface area contributed by atoms with Crippen LogP contribution in [-0.4, -0.2) is 9.36 Å². The Bertz CT molecular complexity index is 696. The molecule has 0 fully saturated rings. The van der Waals surface area contributed by atoms with Crippen molar-refractivity contribution in [3.8, 4) is 10.6 Å². The van der Waals surface area contributed by atoms with Crippen LogP contribution in [0.25, 0.3) is 21.3 Å². The van der Waals surface area contributed by atoms with Crippen LogP contribution in [0.2, 0.25) is 0 Å². The first-order valence-electron chi connectivity index (χ1n) is 4.91. The Morgan fingerprint density at radius 2 is 1.82 bits per heavy atom. The molecule has 2 nitrogen and oxygen atoms in total. The number of halogens is 2. The fourth-order valence-electron chi connectivity index (χ4n) is 1.67. The number of benzene rings is 2. The number of hydrogen-bond acceptors (Lipinski definition) is 3. The van der Waals surface area contributed by atoms with Crippen molar-refractivity contribution in [3.63, 3.8) is 0 Å². The molecule has 84 valence electrons. The van der Waals surface area contributed by atoms with Gasteiger partial charge in [-0.2, -0.15) is 4.37 Å². The number of fused-ring (bicyclic) bond motifs is 1. The highest BCUT2D eigenvalue weighted by molar-refractivity contribution is 14.1. The standard InChI is InChI=1S/C12H6BrIN2S/c13-10-4-3-7-5-9(2-1-8(7)6-10)11-15-12(14)16-17-11/h1-6H. The van der Waals surface area contributed by atoms with Gasteiger partial charge >= 0.3 is 0 Å². The van der Waals surface area contributed by atoms with Gasteiger partial charge in [-0.25, -0.2) is 4.98 Å². The molecule has 17 heavy (non-hydrogen) atoms. The molecular formula is C12H6BrIN2S. The summed E-state index contributed by atoms with van der Waals surface area (Å²) in [5.74, 6) is 0. The van der Waals surface area contributed by atoms with Crippen molar-refractivity contribution >= 4 is 60.8 Å². The minimum atomic E-state index is 0.804. The molecule has 5 heteroatoms. The molecule has 0 N–H and O–H groups in total. The molecule has 2 aromatic carbocycles. The zero-order chi connectivity index (χ0) is 11.8. The minimum Gasteiger partial charge on any atom is -0.210 e. The van der Waals surface area contributed by atoms with E-state index in [4.69, 9.17) is 0 Å². The molecule has 1 aromatic heterocycles. The molecule has 0 spiro atoms. The third-order valence-corrected chi connectivity index (χ3v) is 4.52. The topological polar surface area (TPSA) is 25.8 Å². The van der Waals surface area contributed by atoms with Crippen molar-refractivity contribution in [1.82, 2.24) is 9.36 Å². The van der Waals surface area contributed by atoms with E-state index in [-0.39, 0.29) is 0 Å². The van der Waals surface area contributed by atoms with E-state index < -0.39 is 0 Å². The molecule has 0 unspecified atom stereocenters. The van der Waals surface area contributed by atoms with Crippen LogP contribution in [-0.2, 0) is 0 Å². The summed E-state index contributed by atoms with van der Waals surface area (Å²) in [6.45, 7) is 0. The van der Waals surface area contributed by atoms with Crippen LogP contribution in [0.5, 0.6) is 0 Å². The van der Waals surface area contributed by atoms with E-state index in [1.807, 2.05) is 0 Å². The summed E-state index contributed by atoms with van der Waals surface area (Å²) in [5.41, 5.74) is 1.13. The first-order chi connectivity index (χ1) is 8.22. The molecular weight excluding hydrogens is 411 g/mol. The second-order valence-electron chi connectivity index (χ2n) is 3.57. The van der Waals surface area contributed by atoms with Gasteiger partial charge in [0.15, 0.2) is 0 Å². The Labute approximate surface area is 125 Å². The zero-order valence-electron chi connectivity index (χ0n) is 8.52. The summed E-state index contributed by atoms with van der Waals surface area (Å²) < 4.78 is 6.10. The van der Waals surface area contributed by atoms with Crippen LogP contribution in [0.3, 0.4) is 0 Å². The Kier molecular flexibility index (Phi) is 3.14. The summed E-state index contributed by atoms with van der Waals surface area (Å²) in [4.78, 5) is 4.39. The van der Waals surface area contributed by atoms with E-state index in [1.165, 1.54) is 22.3 Å². The van der Waals surface area contributed by atoms with Crippen LogP contribution >= 0.6 is 50.1 Å². The molecule has 0 saturated heterocycles. The van der Waals surface area contributed by atoms with E-state index in [9.17, 15) is 0 Å². The van der Waals surface area contributed by atoms with E-state index in [0.29, 0.717) is 0 Å². The molecule has 3 rings (SSSR count). The summed E-state index contributed by atoms with van der Waals surface area (Å²) in [6.07, 6.45) is 0. The van der Waals surface area contributed by atoms with Crippen LogP contribution < -0.4 is 0 Å². The molecule has 0 radical (unpaired) electrons. The van der Waals surface area contributed by atoms with E-state index in [1.54, 1.807) is 0 Å². The van der Waals surface area contributed by atoms with Gasteiger partial charge in [0.1, 0.15) is 5.01 Å². The molecule has 0 saturated carbocycles. The van der Waals surface area contributed by atoms with Gasteiger partial charge < -0.3 is 0 Å². The van der Waals surface area contributed by atoms with Gasteiger partial charge in [-0.3, -0.25) is 0 Å². The average Bonchev–Trinajstić information content (AvgIpc) is 2.75. The maximum atomic E-state index is 4.39. The third kappa shape index (κ3) is 2.36. The molecule has 0 atom stereocenters. The Morgan fingerprint density at radius 1 is 1.06 bits per heavy atom. The Balaban J connectivity index is 2.16. The second-order valence-corrected chi connectivity index (χ2v) is 6.21. The van der Waals surface area contributed by atoms with Gasteiger partial charge in [0.25, 0.3) is 0 Å². The van der Waals surface area contributed by atoms with Crippen LogP contribution in [0.4, 0.5) is 0 Å². The van der Waals surface area contributed by atoms with Crippen LogP contribution in [0.1, 0.15) is 0 Å². The van der Waals surface area contributed by atoms with Crippen molar-refractivity contribution in [2.75, 3.05) is 0 Å². The highest BCUT2D eigenvalue weighted by Crippen LogP contribution is 2.27. The number of hydrogen-bond donors (Lipinski definition) is 0. The normalized spacial score (nSPS) is 10.9. The predicted molar refractivity (Wildman–Crippen MR) is 83.3 cm³/mol. The first-order valence-corrected chi connectivity index (χ1v) is 7.56. The lowest BCUT2D eigenvalue weighted by Gasteiger charge is -2.01. The maximum absolute atomic E-state index is 4.39. The first kappa shape index (κ1) is 11.6. The van der Waals surface area contributed by atoms with Gasteiger partial charge in [0.05, 0.1) is 0 Å². The van der Waals surface area contributed by atoms with Gasteiger partial charge in [-0.05, 0) is 40.5 Å². The number of aromatic nitrogens is 2. The lowest BCUT2D eigenvalue weighted by Crippen LogP contribution is -1.79. The number of rotatable bonds is 1. The summed E-state index contributed by atoms with van der Waals surface area (Å²) in [5, 5.41) is 3.41. The summed E-state index contributed by atoms with van der Waals surface area (Å²) in [7, 11) is 0. The number of nitrogens with zero attached hydrogens (tertiary/aromatic N) is 2. The predicted octanol–water partition coefficient (Wildman–Crippen LogP) is 4.73. The molecule has 0 amide bonds. The molecule has 3 aromatic rings. The molecule has 0 aliphatic heterocycles. The molecule has 0 aliphatic rings. The SMILES string of the molecule is Brc1ccc2cc(-c3nc(I)ns3)ccc2c1. The monoisotopic (exact) mass is 416 g/mol. The smallest absolute Gasteiger partial charge is 0.203 e. The fourth-order valence-corrected chi connectivity index (χ4v) is 3.31. The van der Waals surface area contributed by atoms with E-state index in [2.05, 4.69) is 84.3 Å². The van der Waals surface area contributed by atoms with Crippen LogP contribution in [0.15, 0.2) is 40.9 Å². The molecule has 1 heterocycles. The lowest BCUT2D eigenvalue weighted by molar-refractivity contribution is 1.25. The fraction of sp³-hybridized carbons (Fsp3) is 0. The summed E-state index contributed by atoms with van der Waals surface area (Å²) >= 11 is 7.05. The van der Waals surface area contributed by atoms with Gasteiger partial charge in [0.2, 0.25) is 3.83 Å². The molecule has 0 aliphatic carbocycles. The van der Waals surface area contributed by atoms with Gasteiger partial charge in [-0.1, -0.05) is 34.1 Å². The second kappa shape index (κ2) is 4.62. The highest BCUT2D eigenvalue weighted by atomic mass is 127. The van der Waals surface area contributed by atoms with Gasteiger partial charge in [0, 0.05) is 32.6 Å². The largest absolute Gasteiger partial charge is 0.210 e. The Hall–Kier alpha value is -0.530. The minimum absolute atomic E-state index is 0.804. The highest BCUT2D eigenvalue weighted by Gasteiger charge is 2.05. The van der Waals surface area contributed by atoms with Crippen LogP contribution in [0, 0.1) is 3.83 Å². The van der Waals surface area contributed by atoms with Gasteiger partial charge in [-0.15, -0.1) is 0 Å². The van der Waals surface area contributed by atoms with Crippen molar-refractivity contribution in [3.05, 3.63) is 44.7 Å².